The van der Waals surface area contributed by atoms with E-state index >= 15 is 0 Å². The summed E-state index contributed by atoms with van der Waals surface area (Å²) in [6, 6.07) is 11.1. The van der Waals surface area contributed by atoms with Gasteiger partial charge in [0.1, 0.15) is 11.5 Å². The fourth-order valence-electron chi connectivity index (χ4n) is 3.93. The standard InChI is InChI=1S/C24H34F2N4.H2OS/c1-4-10-30(11-9-27)16-17-5-7-21(25)20(12-17)18-6-8-22(23(13-18)28-3)29-15-19-14-24(19,2)26;1-2/h5-8,12-13,19,28-29H,4,9-11,14-16,27H2,1-3H3;1-2H. The zero-order valence-corrected chi connectivity index (χ0v) is 20.1. The maximum atomic E-state index is 14.7. The van der Waals surface area contributed by atoms with Crippen molar-refractivity contribution < 1.29 is 13.3 Å². The van der Waals surface area contributed by atoms with Gasteiger partial charge in [0.15, 0.2) is 0 Å². The number of hydrogen-bond donors (Lipinski definition) is 5. The van der Waals surface area contributed by atoms with Gasteiger partial charge in [-0.3, -0.25) is 4.90 Å². The van der Waals surface area contributed by atoms with Crippen molar-refractivity contribution >= 4 is 24.3 Å². The van der Waals surface area contributed by atoms with Gasteiger partial charge >= 0.3 is 0 Å². The summed E-state index contributed by atoms with van der Waals surface area (Å²) in [5.74, 6) is -0.191. The Morgan fingerprint density at radius 2 is 1.91 bits per heavy atom. The Morgan fingerprint density at radius 1 is 1.19 bits per heavy atom. The smallest absolute Gasteiger partial charge is 0.131 e. The minimum atomic E-state index is -1.05. The minimum Gasteiger partial charge on any atom is -0.386 e. The molecule has 178 valence electrons. The van der Waals surface area contributed by atoms with Crippen LogP contribution in [0.15, 0.2) is 36.4 Å². The first-order valence-electron chi connectivity index (χ1n) is 11.0. The maximum absolute atomic E-state index is 14.7. The van der Waals surface area contributed by atoms with E-state index < -0.39 is 5.67 Å². The molecule has 0 saturated heterocycles. The molecular weight excluding hydrogens is 430 g/mol. The first-order chi connectivity index (χ1) is 15.4. The highest BCUT2D eigenvalue weighted by atomic mass is 32.1. The molecule has 32 heavy (non-hydrogen) atoms. The third-order valence-electron chi connectivity index (χ3n) is 5.90. The van der Waals surface area contributed by atoms with Crippen LogP contribution in [0, 0.1) is 11.7 Å². The predicted molar refractivity (Wildman–Crippen MR) is 134 cm³/mol. The summed E-state index contributed by atoms with van der Waals surface area (Å²) in [6.45, 7) is 7.53. The minimum absolute atomic E-state index is 0.0515. The van der Waals surface area contributed by atoms with Crippen LogP contribution < -0.4 is 16.4 Å². The van der Waals surface area contributed by atoms with Gasteiger partial charge in [0.2, 0.25) is 0 Å². The summed E-state index contributed by atoms with van der Waals surface area (Å²) in [4.78, 5) is 2.29. The first-order valence-corrected chi connectivity index (χ1v) is 11.4. The van der Waals surface area contributed by atoms with Gasteiger partial charge in [-0.15, -0.1) is 0 Å². The number of benzene rings is 2. The van der Waals surface area contributed by atoms with E-state index in [-0.39, 0.29) is 11.7 Å². The molecule has 0 bridgehead atoms. The molecule has 1 aliphatic carbocycles. The normalized spacial score (nSPS) is 19.3. The van der Waals surface area contributed by atoms with Crippen molar-refractivity contribution in [3.63, 3.8) is 0 Å². The zero-order chi connectivity index (χ0) is 23.7. The SMILES string of the molecule is CCCN(CCN)Cc1ccc(F)c(-c2ccc(NCC3CC3(C)F)c(NC)c2)c1.OS. The Morgan fingerprint density at radius 3 is 2.50 bits per heavy atom. The van der Waals surface area contributed by atoms with Gasteiger partial charge < -0.3 is 20.9 Å². The number of thiol groups is 1. The lowest BCUT2D eigenvalue weighted by Gasteiger charge is -2.21. The quantitative estimate of drug-likeness (QED) is 0.231. The largest absolute Gasteiger partial charge is 0.386 e. The fraction of sp³-hybridized carbons (Fsp3) is 0.500. The molecule has 2 atom stereocenters. The van der Waals surface area contributed by atoms with E-state index in [2.05, 4.69) is 35.4 Å². The summed E-state index contributed by atoms with van der Waals surface area (Å²) in [5.41, 5.74) is 8.91. The molecular formula is C24H36F2N4OS. The molecule has 1 fully saturated rings. The van der Waals surface area contributed by atoms with Crippen LogP contribution in [-0.4, -0.2) is 48.3 Å². The Hall–Kier alpha value is -1.87. The van der Waals surface area contributed by atoms with Crippen molar-refractivity contribution in [3.8, 4) is 11.1 Å². The molecule has 0 spiro atoms. The number of halogens is 2. The van der Waals surface area contributed by atoms with Crippen LogP contribution in [0.3, 0.4) is 0 Å². The van der Waals surface area contributed by atoms with Gasteiger partial charge in [0.25, 0.3) is 0 Å². The average Bonchev–Trinajstić information content (AvgIpc) is 3.41. The Bertz CT molecular complexity index is 860. The van der Waals surface area contributed by atoms with E-state index in [0.717, 1.165) is 48.6 Å². The van der Waals surface area contributed by atoms with Crippen LogP contribution in [0.1, 0.15) is 32.3 Å². The molecule has 0 amide bonds. The molecule has 1 aliphatic rings. The monoisotopic (exact) mass is 466 g/mol. The van der Waals surface area contributed by atoms with Crippen molar-refractivity contribution in [3.05, 3.63) is 47.8 Å². The lowest BCUT2D eigenvalue weighted by atomic mass is 10.0. The first kappa shape index (κ1) is 26.4. The van der Waals surface area contributed by atoms with E-state index in [1.165, 1.54) is 6.07 Å². The molecule has 1 saturated carbocycles. The predicted octanol–water partition coefficient (Wildman–Crippen LogP) is 5.25. The highest BCUT2D eigenvalue weighted by molar-refractivity contribution is 7.74. The second-order valence-electron chi connectivity index (χ2n) is 8.45. The third kappa shape index (κ3) is 7.07. The van der Waals surface area contributed by atoms with Crippen molar-refractivity contribution in [2.75, 3.05) is 43.9 Å². The van der Waals surface area contributed by atoms with Crippen LogP contribution in [-0.2, 0) is 6.54 Å². The molecule has 0 radical (unpaired) electrons. The second-order valence-corrected chi connectivity index (χ2v) is 8.45. The lowest BCUT2D eigenvalue weighted by molar-refractivity contribution is 0.273. The van der Waals surface area contributed by atoms with Crippen LogP contribution >= 0.6 is 12.9 Å². The number of anilines is 2. The van der Waals surface area contributed by atoms with E-state index in [0.29, 0.717) is 25.1 Å². The fourth-order valence-corrected chi connectivity index (χ4v) is 3.93. The number of nitrogens with two attached hydrogens (primary N) is 1. The highest BCUT2D eigenvalue weighted by Crippen LogP contribution is 2.46. The van der Waals surface area contributed by atoms with Gasteiger partial charge in [0.05, 0.1) is 11.4 Å². The van der Waals surface area contributed by atoms with Gasteiger partial charge in [-0.1, -0.05) is 19.1 Å². The molecule has 0 heterocycles. The Labute approximate surface area is 196 Å². The van der Waals surface area contributed by atoms with Crippen LogP contribution in [0.4, 0.5) is 20.2 Å². The summed E-state index contributed by atoms with van der Waals surface area (Å²) in [5, 5.41) is 6.50. The van der Waals surface area contributed by atoms with E-state index in [1.807, 2.05) is 37.4 Å². The van der Waals surface area contributed by atoms with Crippen LogP contribution in [0.25, 0.3) is 11.1 Å². The summed E-state index contributed by atoms with van der Waals surface area (Å²) >= 11 is 2.53. The molecule has 2 unspecified atom stereocenters. The Kier molecular flexibility index (Phi) is 10.2. The van der Waals surface area contributed by atoms with Crippen molar-refractivity contribution in [2.45, 2.75) is 38.9 Å². The van der Waals surface area contributed by atoms with Crippen molar-refractivity contribution in [1.82, 2.24) is 4.90 Å². The van der Waals surface area contributed by atoms with Crippen molar-refractivity contribution in [1.29, 1.82) is 0 Å². The molecule has 3 rings (SSSR count). The highest BCUT2D eigenvalue weighted by Gasteiger charge is 2.50. The third-order valence-corrected chi connectivity index (χ3v) is 5.90. The molecule has 5 nitrogen and oxygen atoms in total. The average molecular weight is 467 g/mol. The second kappa shape index (κ2) is 12.4. The maximum Gasteiger partial charge on any atom is 0.131 e. The number of nitrogens with one attached hydrogen (secondary N) is 2. The molecule has 0 aliphatic heterocycles. The van der Waals surface area contributed by atoms with E-state index in [9.17, 15) is 8.78 Å². The zero-order valence-electron chi connectivity index (χ0n) is 19.2. The molecule has 2 aromatic carbocycles. The van der Waals surface area contributed by atoms with E-state index in [4.69, 9.17) is 10.3 Å². The van der Waals surface area contributed by atoms with Gasteiger partial charge in [-0.2, -0.15) is 0 Å². The molecule has 2 aromatic rings. The van der Waals surface area contributed by atoms with Gasteiger partial charge in [-0.05, 0) is 74.6 Å². The summed E-state index contributed by atoms with van der Waals surface area (Å²) in [7, 11) is 1.84. The number of hydrogen-bond acceptors (Lipinski definition) is 6. The molecule has 0 aromatic heterocycles. The molecule has 8 heteroatoms. The van der Waals surface area contributed by atoms with Crippen LogP contribution in [0.5, 0.6) is 0 Å². The van der Waals surface area contributed by atoms with Crippen LogP contribution in [0.2, 0.25) is 0 Å². The lowest BCUT2D eigenvalue weighted by Crippen LogP contribution is -2.29. The number of alkyl halides is 1. The topological polar surface area (TPSA) is 73.5 Å². The number of nitrogens with zero attached hydrogens (tertiary/aromatic N) is 1. The van der Waals surface area contributed by atoms with E-state index in [1.54, 1.807) is 6.92 Å². The summed E-state index contributed by atoms with van der Waals surface area (Å²) in [6.07, 6.45) is 1.65. The number of rotatable bonds is 11. The van der Waals surface area contributed by atoms with Gasteiger partial charge in [-0.25, -0.2) is 8.78 Å². The van der Waals surface area contributed by atoms with Gasteiger partial charge in [0, 0.05) is 44.7 Å². The summed E-state index contributed by atoms with van der Waals surface area (Å²) < 4.78 is 35.2. The molecule has 5 N–H and O–H groups in total. The Balaban J connectivity index is 0.00000176. The van der Waals surface area contributed by atoms with Crippen molar-refractivity contribution in [2.24, 2.45) is 11.7 Å².